The van der Waals surface area contributed by atoms with E-state index < -0.39 is 11.9 Å². The van der Waals surface area contributed by atoms with Gasteiger partial charge in [0.1, 0.15) is 0 Å². The van der Waals surface area contributed by atoms with E-state index in [9.17, 15) is 4.79 Å². The van der Waals surface area contributed by atoms with Crippen molar-refractivity contribution in [3.63, 3.8) is 0 Å². The van der Waals surface area contributed by atoms with Gasteiger partial charge in [0, 0.05) is 0 Å². The van der Waals surface area contributed by atoms with E-state index in [1.165, 1.54) is 0 Å². The predicted octanol–water partition coefficient (Wildman–Crippen LogP) is -0.509. The van der Waals surface area contributed by atoms with Crippen LogP contribution >= 0.6 is 0 Å². The SMILES string of the molecule is N[C@@H]1CC=CCN(O)C1=O. The third kappa shape index (κ3) is 1.34. The summed E-state index contributed by atoms with van der Waals surface area (Å²) in [6.07, 6.45) is 4.01. The van der Waals surface area contributed by atoms with Crippen molar-refractivity contribution in [2.75, 3.05) is 6.54 Å². The van der Waals surface area contributed by atoms with E-state index in [0.29, 0.717) is 11.5 Å². The van der Waals surface area contributed by atoms with Crippen LogP contribution in [-0.4, -0.2) is 28.8 Å². The Morgan fingerprint density at radius 3 is 3.10 bits per heavy atom. The molecule has 0 fully saturated rings. The Bertz CT molecular complexity index is 151. The molecule has 1 amide bonds. The standard InChI is InChI=1S/C6H10N2O2/c7-5-3-1-2-4-8(10)6(5)9/h1-2,5,10H,3-4,7H2/t5-/m1/s1. The molecule has 4 heteroatoms. The quantitative estimate of drug-likeness (QED) is 0.353. The summed E-state index contributed by atoms with van der Waals surface area (Å²) in [6, 6.07) is -0.580. The fraction of sp³-hybridized carbons (Fsp3) is 0.500. The van der Waals surface area contributed by atoms with Gasteiger partial charge in [-0.1, -0.05) is 12.2 Å². The van der Waals surface area contributed by atoms with E-state index in [0.717, 1.165) is 0 Å². The Kier molecular flexibility index (Phi) is 2.03. The molecule has 0 saturated heterocycles. The molecule has 10 heavy (non-hydrogen) atoms. The highest BCUT2D eigenvalue weighted by molar-refractivity contribution is 5.81. The zero-order chi connectivity index (χ0) is 7.56. The minimum Gasteiger partial charge on any atom is -0.320 e. The number of carbonyl (C=O) groups is 1. The summed E-state index contributed by atoms with van der Waals surface area (Å²) in [7, 11) is 0. The summed E-state index contributed by atoms with van der Waals surface area (Å²) in [5, 5.41) is 9.51. The molecular formula is C6H10N2O2. The molecule has 1 atom stereocenters. The normalized spacial score (nSPS) is 26.8. The highest BCUT2D eigenvalue weighted by Crippen LogP contribution is 2.00. The van der Waals surface area contributed by atoms with Gasteiger partial charge in [0.15, 0.2) is 0 Å². The summed E-state index contributed by atoms with van der Waals surface area (Å²) >= 11 is 0. The van der Waals surface area contributed by atoms with E-state index in [2.05, 4.69) is 0 Å². The first kappa shape index (κ1) is 7.24. The molecular weight excluding hydrogens is 132 g/mol. The van der Waals surface area contributed by atoms with Gasteiger partial charge in [-0.25, -0.2) is 5.06 Å². The molecule has 0 saturated carbocycles. The lowest BCUT2D eigenvalue weighted by Gasteiger charge is -2.13. The average Bonchev–Trinajstić information content (AvgIpc) is 2.04. The third-order valence-electron chi connectivity index (χ3n) is 1.41. The maximum absolute atomic E-state index is 10.9. The summed E-state index contributed by atoms with van der Waals surface area (Å²) in [6.45, 7) is 0.243. The zero-order valence-electron chi connectivity index (χ0n) is 5.53. The molecule has 0 spiro atoms. The van der Waals surface area contributed by atoms with Crippen LogP contribution in [0.1, 0.15) is 6.42 Å². The predicted molar refractivity (Wildman–Crippen MR) is 35.2 cm³/mol. The van der Waals surface area contributed by atoms with Gasteiger partial charge in [-0.2, -0.15) is 0 Å². The van der Waals surface area contributed by atoms with Crippen LogP contribution in [0.15, 0.2) is 12.2 Å². The van der Waals surface area contributed by atoms with Crippen LogP contribution in [0.5, 0.6) is 0 Å². The molecule has 1 heterocycles. The minimum atomic E-state index is -0.580. The van der Waals surface area contributed by atoms with Gasteiger partial charge in [-0.15, -0.1) is 0 Å². The fourth-order valence-corrected chi connectivity index (χ4v) is 0.799. The van der Waals surface area contributed by atoms with Crippen molar-refractivity contribution >= 4 is 5.91 Å². The highest BCUT2D eigenvalue weighted by Gasteiger charge is 2.19. The van der Waals surface area contributed by atoms with Crippen LogP contribution < -0.4 is 5.73 Å². The maximum atomic E-state index is 10.9. The molecule has 0 bridgehead atoms. The zero-order valence-corrected chi connectivity index (χ0v) is 5.53. The van der Waals surface area contributed by atoms with Crippen LogP contribution in [-0.2, 0) is 4.79 Å². The molecule has 0 unspecified atom stereocenters. The van der Waals surface area contributed by atoms with Gasteiger partial charge < -0.3 is 5.73 Å². The van der Waals surface area contributed by atoms with Crippen molar-refractivity contribution in [3.8, 4) is 0 Å². The molecule has 0 radical (unpaired) electrons. The van der Waals surface area contributed by atoms with E-state index in [-0.39, 0.29) is 6.54 Å². The van der Waals surface area contributed by atoms with Gasteiger partial charge in [-0.05, 0) is 6.42 Å². The highest BCUT2D eigenvalue weighted by atomic mass is 16.5. The number of nitrogens with two attached hydrogens (primary N) is 1. The van der Waals surface area contributed by atoms with E-state index in [1.807, 2.05) is 0 Å². The summed E-state index contributed by atoms with van der Waals surface area (Å²) in [5.41, 5.74) is 5.37. The second-order valence-electron chi connectivity index (χ2n) is 2.23. The molecule has 3 N–H and O–H groups in total. The fourth-order valence-electron chi connectivity index (χ4n) is 0.799. The molecule has 4 nitrogen and oxygen atoms in total. The number of rotatable bonds is 0. The molecule has 1 rings (SSSR count). The molecule has 0 aromatic carbocycles. The first-order valence-electron chi connectivity index (χ1n) is 3.12. The lowest BCUT2D eigenvalue weighted by atomic mass is 10.2. The second-order valence-corrected chi connectivity index (χ2v) is 2.23. The number of amides is 1. The van der Waals surface area contributed by atoms with Crippen LogP contribution in [0.2, 0.25) is 0 Å². The Balaban J connectivity index is 2.65. The van der Waals surface area contributed by atoms with Crippen LogP contribution in [0, 0.1) is 0 Å². The molecule has 0 aromatic heterocycles. The molecule has 1 aliphatic rings. The number of hydrogen-bond donors (Lipinski definition) is 2. The summed E-state index contributed by atoms with van der Waals surface area (Å²) in [5.74, 6) is -0.412. The average molecular weight is 142 g/mol. The van der Waals surface area contributed by atoms with Crippen molar-refractivity contribution in [3.05, 3.63) is 12.2 Å². The van der Waals surface area contributed by atoms with Gasteiger partial charge in [0.2, 0.25) is 0 Å². The smallest absolute Gasteiger partial charge is 0.263 e. The van der Waals surface area contributed by atoms with Crippen LogP contribution in [0.4, 0.5) is 0 Å². The van der Waals surface area contributed by atoms with Crippen molar-refractivity contribution < 1.29 is 10.0 Å². The van der Waals surface area contributed by atoms with E-state index in [4.69, 9.17) is 10.9 Å². The summed E-state index contributed by atoms with van der Waals surface area (Å²) in [4.78, 5) is 10.9. The van der Waals surface area contributed by atoms with E-state index in [1.54, 1.807) is 12.2 Å². The van der Waals surface area contributed by atoms with Gasteiger partial charge in [0.25, 0.3) is 5.91 Å². The van der Waals surface area contributed by atoms with Crippen molar-refractivity contribution in [1.29, 1.82) is 0 Å². The summed E-state index contributed by atoms with van der Waals surface area (Å²) < 4.78 is 0. The maximum Gasteiger partial charge on any atom is 0.263 e. The lowest BCUT2D eigenvalue weighted by molar-refractivity contribution is -0.163. The number of carbonyl (C=O) groups excluding carboxylic acids is 1. The first-order chi connectivity index (χ1) is 4.72. The Labute approximate surface area is 58.9 Å². The molecule has 1 aliphatic heterocycles. The van der Waals surface area contributed by atoms with Crippen molar-refractivity contribution in [1.82, 2.24) is 5.06 Å². The third-order valence-corrected chi connectivity index (χ3v) is 1.41. The minimum absolute atomic E-state index is 0.243. The Morgan fingerprint density at radius 1 is 1.70 bits per heavy atom. The number of hydrogen-bond acceptors (Lipinski definition) is 3. The topological polar surface area (TPSA) is 66.6 Å². The van der Waals surface area contributed by atoms with E-state index >= 15 is 0 Å². The molecule has 0 aliphatic carbocycles. The number of nitrogens with zero attached hydrogens (tertiary/aromatic N) is 1. The van der Waals surface area contributed by atoms with Crippen molar-refractivity contribution in [2.24, 2.45) is 5.73 Å². The Morgan fingerprint density at radius 2 is 2.40 bits per heavy atom. The Hall–Kier alpha value is -0.870. The lowest BCUT2D eigenvalue weighted by Crippen LogP contribution is -2.40. The molecule has 56 valence electrons. The van der Waals surface area contributed by atoms with Gasteiger partial charge in [0.05, 0.1) is 12.6 Å². The molecule has 0 aromatic rings. The number of hydroxylamine groups is 2. The monoisotopic (exact) mass is 142 g/mol. The van der Waals surface area contributed by atoms with Crippen LogP contribution in [0.25, 0.3) is 0 Å². The van der Waals surface area contributed by atoms with Crippen molar-refractivity contribution in [2.45, 2.75) is 12.5 Å². The van der Waals surface area contributed by atoms with Gasteiger partial charge in [-0.3, -0.25) is 10.0 Å². The first-order valence-corrected chi connectivity index (χ1v) is 3.12. The second kappa shape index (κ2) is 2.81. The largest absolute Gasteiger partial charge is 0.320 e. The van der Waals surface area contributed by atoms with Gasteiger partial charge >= 0.3 is 0 Å². The van der Waals surface area contributed by atoms with Crippen LogP contribution in [0.3, 0.4) is 0 Å².